The van der Waals surface area contributed by atoms with E-state index in [9.17, 15) is 14.4 Å². The number of para-hydroxylation sites is 1. The Morgan fingerprint density at radius 3 is 2.41 bits per heavy atom. The van der Waals surface area contributed by atoms with Gasteiger partial charge in [0.1, 0.15) is 17.2 Å². The lowest BCUT2D eigenvalue weighted by atomic mass is 9.99. The highest BCUT2D eigenvalue weighted by Gasteiger charge is 2.38. The van der Waals surface area contributed by atoms with E-state index in [-0.39, 0.29) is 26.0 Å². The fourth-order valence-electron chi connectivity index (χ4n) is 5.44. The van der Waals surface area contributed by atoms with E-state index in [2.05, 4.69) is 11.8 Å². The third kappa shape index (κ3) is 4.62. The second-order valence-electron chi connectivity index (χ2n) is 10.7. The monoisotopic (exact) mass is 586 g/mol. The number of aromatic nitrogens is 4. The smallest absolute Gasteiger partial charge is 0.296 e. The van der Waals surface area contributed by atoms with Crippen molar-refractivity contribution in [2.24, 2.45) is 13.0 Å². The minimum Gasteiger partial charge on any atom is -0.356 e. The van der Waals surface area contributed by atoms with Crippen molar-refractivity contribution in [1.29, 1.82) is 0 Å². The van der Waals surface area contributed by atoms with Crippen molar-refractivity contribution in [3.63, 3.8) is 0 Å². The molecule has 11 heteroatoms. The first-order valence-corrected chi connectivity index (χ1v) is 14.8. The van der Waals surface area contributed by atoms with Crippen LogP contribution in [0.3, 0.4) is 0 Å². The number of thiocarbonyl (C=S) groups is 1. The third-order valence-electron chi connectivity index (χ3n) is 7.89. The molecular weight excluding hydrogens is 557 g/mol. The molecule has 2 aliphatic heterocycles. The summed E-state index contributed by atoms with van der Waals surface area (Å²) in [5.41, 5.74) is 2.71. The number of thioether (sulfide) groups is 1. The summed E-state index contributed by atoms with van der Waals surface area (Å²) in [6, 6.07) is 13.0. The first-order chi connectivity index (χ1) is 19.7. The number of carbonyl (C=O) groups is 1. The zero-order chi connectivity index (χ0) is 29.0. The van der Waals surface area contributed by atoms with E-state index < -0.39 is 5.91 Å². The van der Waals surface area contributed by atoms with Crippen LogP contribution in [-0.4, -0.2) is 42.1 Å². The number of hydrogen-bond donors (Lipinski definition) is 0. The quantitative estimate of drug-likeness (QED) is 0.258. The molecule has 1 aromatic carbocycles. The number of amides is 1. The van der Waals surface area contributed by atoms with Crippen LogP contribution >= 0.6 is 24.0 Å². The topological polar surface area (TPSA) is 84.8 Å². The second-order valence-corrected chi connectivity index (χ2v) is 12.4. The summed E-state index contributed by atoms with van der Waals surface area (Å²) >= 11 is 6.73. The van der Waals surface area contributed by atoms with Gasteiger partial charge in [0.25, 0.3) is 17.0 Å². The Bertz CT molecular complexity index is 1860. The number of piperidine rings is 1. The Labute approximate surface area is 246 Å². The molecule has 0 spiro atoms. The molecule has 2 fully saturated rings. The van der Waals surface area contributed by atoms with Gasteiger partial charge in [0, 0.05) is 26.3 Å². The maximum atomic E-state index is 13.9. The van der Waals surface area contributed by atoms with E-state index in [4.69, 9.17) is 17.2 Å². The van der Waals surface area contributed by atoms with Crippen LogP contribution in [0.4, 0.5) is 11.5 Å². The molecule has 0 unspecified atom stereocenters. The van der Waals surface area contributed by atoms with E-state index in [0.717, 1.165) is 43.3 Å². The van der Waals surface area contributed by atoms with Gasteiger partial charge >= 0.3 is 0 Å². The number of benzene rings is 1. The maximum Gasteiger partial charge on any atom is 0.296 e. The number of anilines is 2. The first kappa shape index (κ1) is 27.2. The molecule has 6 rings (SSSR count). The number of carbonyl (C=O) groups excluding carboxylic acids is 1. The van der Waals surface area contributed by atoms with Gasteiger partial charge in [-0.1, -0.05) is 55.2 Å². The van der Waals surface area contributed by atoms with Crippen molar-refractivity contribution in [1.82, 2.24) is 18.7 Å². The van der Waals surface area contributed by atoms with E-state index in [1.54, 1.807) is 30.9 Å². The van der Waals surface area contributed by atoms with Crippen molar-refractivity contribution in [2.45, 2.75) is 33.6 Å². The zero-order valence-electron chi connectivity index (χ0n) is 23.3. The fourth-order valence-corrected chi connectivity index (χ4v) is 6.69. The zero-order valence-corrected chi connectivity index (χ0v) is 25.0. The van der Waals surface area contributed by atoms with Gasteiger partial charge in [-0.15, -0.1) is 0 Å². The van der Waals surface area contributed by atoms with Crippen molar-refractivity contribution in [3.05, 3.63) is 91.1 Å². The van der Waals surface area contributed by atoms with Crippen LogP contribution in [-0.2, 0) is 11.8 Å². The highest BCUT2D eigenvalue weighted by molar-refractivity contribution is 8.27. The van der Waals surface area contributed by atoms with Gasteiger partial charge in [0.2, 0.25) is 0 Å². The summed E-state index contributed by atoms with van der Waals surface area (Å²) in [7, 11) is 1.77. The van der Waals surface area contributed by atoms with E-state index >= 15 is 0 Å². The number of aryl methyl sites for hydroxylation is 1. The minimum atomic E-state index is -0.432. The lowest BCUT2D eigenvalue weighted by Gasteiger charge is -2.32. The highest BCUT2D eigenvalue weighted by atomic mass is 32.2. The summed E-state index contributed by atoms with van der Waals surface area (Å²) in [6.45, 7) is 7.49. The van der Waals surface area contributed by atoms with E-state index in [1.165, 1.54) is 14.0 Å². The Kier molecular flexibility index (Phi) is 6.95. The number of hydrogen-bond acceptors (Lipinski definition) is 7. The SMILES string of the molecule is Cc1ccc2nc(N3CCC(C)CC3)c(C=C3SC(=S)N(c4c(C)n(C)n(-c5ccccc5)c4=O)C3=O)c(=O)n2c1. The van der Waals surface area contributed by atoms with Crippen molar-refractivity contribution >= 4 is 57.4 Å². The molecule has 0 aliphatic carbocycles. The summed E-state index contributed by atoms with van der Waals surface area (Å²) < 4.78 is 5.00. The first-order valence-electron chi connectivity index (χ1n) is 13.6. The second kappa shape index (κ2) is 10.5. The van der Waals surface area contributed by atoms with Crippen LogP contribution < -0.4 is 20.9 Å². The predicted octanol–water partition coefficient (Wildman–Crippen LogP) is 4.44. The van der Waals surface area contributed by atoms with Crippen LogP contribution in [0.25, 0.3) is 17.4 Å². The Hall–Kier alpha value is -3.96. The molecular formula is C30H30N6O3S2. The van der Waals surface area contributed by atoms with Crippen LogP contribution in [0, 0.1) is 19.8 Å². The van der Waals surface area contributed by atoms with Gasteiger partial charge in [-0.3, -0.25) is 28.4 Å². The van der Waals surface area contributed by atoms with Crippen LogP contribution in [0.2, 0.25) is 0 Å². The molecule has 2 saturated heterocycles. The molecule has 210 valence electrons. The largest absolute Gasteiger partial charge is 0.356 e. The lowest BCUT2D eigenvalue weighted by molar-refractivity contribution is -0.113. The van der Waals surface area contributed by atoms with Gasteiger partial charge < -0.3 is 4.90 Å². The Morgan fingerprint density at radius 2 is 1.71 bits per heavy atom. The van der Waals surface area contributed by atoms with E-state index in [0.29, 0.717) is 34.3 Å². The van der Waals surface area contributed by atoms with Crippen molar-refractivity contribution in [2.75, 3.05) is 22.9 Å². The van der Waals surface area contributed by atoms with Gasteiger partial charge in [0.05, 0.1) is 21.8 Å². The number of rotatable bonds is 4. The van der Waals surface area contributed by atoms with Crippen LogP contribution in [0.15, 0.2) is 63.2 Å². The molecule has 0 radical (unpaired) electrons. The van der Waals surface area contributed by atoms with Crippen molar-refractivity contribution in [3.8, 4) is 5.69 Å². The summed E-state index contributed by atoms with van der Waals surface area (Å²) in [6.07, 6.45) is 5.36. The molecule has 0 saturated carbocycles. The minimum absolute atomic E-state index is 0.205. The predicted molar refractivity (Wildman–Crippen MR) is 168 cm³/mol. The normalized spacial score (nSPS) is 17.4. The lowest BCUT2D eigenvalue weighted by Crippen LogP contribution is -2.36. The molecule has 5 heterocycles. The number of nitrogens with zero attached hydrogens (tertiary/aromatic N) is 6. The van der Waals surface area contributed by atoms with Gasteiger partial charge in [-0.05, 0) is 62.4 Å². The fraction of sp³-hybridized carbons (Fsp3) is 0.300. The molecule has 0 bridgehead atoms. The molecule has 0 atom stereocenters. The molecule has 9 nitrogen and oxygen atoms in total. The molecule has 0 N–H and O–H groups in total. The molecule has 2 aliphatic rings. The van der Waals surface area contributed by atoms with Crippen LogP contribution in [0.5, 0.6) is 0 Å². The molecule has 3 aromatic heterocycles. The molecule has 4 aromatic rings. The highest BCUT2D eigenvalue weighted by Crippen LogP contribution is 2.37. The average molecular weight is 587 g/mol. The van der Waals surface area contributed by atoms with Crippen LogP contribution in [0.1, 0.15) is 36.6 Å². The molecule has 1 amide bonds. The summed E-state index contributed by atoms with van der Waals surface area (Å²) in [4.78, 5) is 50.0. The third-order valence-corrected chi connectivity index (χ3v) is 9.19. The number of fused-ring (bicyclic) bond motifs is 1. The Balaban J connectivity index is 1.47. The van der Waals surface area contributed by atoms with Gasteiger partial charge in [-0.2, -0.15) is 0 Å². The summed E-state index contributed by atoms with van der Waals surface area (Å²) in [5, 5.41) is 0. The van der Waals surface area contributed by atoms with Gasteiger partial charge in [-0.25, -0.2) is 9.67 Å². The Morgan fingerprint density at radius 1 is 1.00 bits per heavy atom. The van der Waals surface area contributed by atoms with Gasteiger partial charge in [0.15, 0.2) is 4.32 Å². The molecule has 41 heavy (non-hydrogen) atoms. The maximum absolute atomic E-state index is 13.9. The van der Waals surface area contributed by atoms with E-state index in [1.807, 2.05) is 49.4 Å². The average Bonchev–Trinajstić information content (AvgIpc) is 3.35. The number of pyridine rings is 1. The summed E-state index contributed by atoms with van der Waals surface area (Å²) in [5.74, 6) is 0.737. The van der Waals surface area contributed by atoms with Crippen molar-refractivity contribution < 1.29 is 4.79 Å². The standard InChI is InChI=1S/C30H30N6O3S2/c1-18-12-14-33(15-13-18)26-22(27(37)34-17-19(2)10-11-24(34)31-26)16-23-28(38)35(30(40)41-23)25-20(3)32(4)36(29(25)39)21-8-6-5-7-9-21/h5-11,16-18H,12-15H2,1-4H3.